The molecule has 114 valence electrons. The molecule has 3 rings (SSSR count). The van der Waals surface area contributed by atoms with Crippen LogP contribution in [0.25, 0.3) is 11.0 Å². The van der Waals surface area contributed by atoms with Gasteiger partial charge in [-0.05, 0) is 56.3 Å². The zero-order valence-electron chi connectivity index (χ0n) is 13.3. The number of aromatic nitrogens is 2. The molecule has 2 atom stereocenters. The highest BCUT2D eigenvalue weighted by Gasteiger charge is 2.31. The van der Waals surface area contributed by atoms with E-state index in [2.05, 4.69) is 48.0 Å². The minimum absolute atomic E-state index is 0.816. The van der Waals surface area contributed by atoms with Crippen LogP contribution in [0.5, 0.6) is 0 Å². The fraction of sp³-hybridized carbons (Fsp3) is 0.611. The Labute approximate surface area is 127 Å². The van der Waals surface area contributed by atoms with Crippen LogP contribution in [0.15, 0.2) is 24.3 Å². The van der Waals surface area contributed by atoms with Crippen LogP contribution in [0.3, 0.4) is 0 Å². The topological polar surface area (TPSA) is 29.9 Å². The van der Waals surface area contributed by atoms with E-state index in [0.717, 1.165) is 36.9 Å². The van der Waals surface area contributed by atoms with Crippen LogP contribution in [0.2, 0.25) is 0 Å². The number of imidazole rings is 1. The molecule has 0 spiro atoms. The Kier molecular flexibility index (Phi) is 4.59. The van der Waals surface area contributed by atoms with Gasteiger partial charge >= 0.3 is 0 Å². The number of rotatable bonds is 7. The van der Waals surface area contributed by atoms with Crippen LogP contribution >= 0.6 is 0 Å². The van der Waals surface area contributed by atoms with Crippen molar-refractivity contribution in [3.05, 3.63) is 30.1 Å². The molecule has 1 aliphatic rings. The first kappa shape index (κ1) is 14.6. The lowest BCUT2D eigenvalue weighted by Gasteiger charge is -2.36. The lowest BCUT2D eigenvalue weighted by molar-refractivity contribution is 0.168. The zero-order valence-corrected chi connectivity index (χ0v) is 13.3. The maximum atomic E-state index is 4.91. The number of hydrogen-bond acceptors (Lipinski definition) is 2. The normalized spacial score (nSPS) is 21.6. The molecule has 1 aliphatic carbocycles. The molecule has 0 amide bonds. The monoisotopic (exact) mass is 285 g/mol. The third kappa shape index (κ3) is 2.98. The molecule has 2 unspecified atom stereocenters. The lowest BCUT2D eigenvalue weighted by Crippen LogP contribution is -2.36. The van der Waals surface area contributed by atoms with E-state index in [9.17, 15) is 0 Å². The fourth-order valence-corrected chi connectivity index (χ4v) is 3.49. The van der Waals surface area contributed by atoms with Crippen molar-refractivity contribution in [1.29, 1.82) is 0 Å². The fourth-order valence-electron chi connectivity index (χ4n) is 3.49. The van der Waals surface area contributed by atoms with E-state index < -0.39 is 0 Å². The van der Waals surface area contributed by atoms with Gasteiger partial charge in [0.15, 0.2) is 0 Å². The third-order valence-electron chi connectivity index (χ3n) is 4.86. The Morgan fingerprint density at radius 3 is 2.71 bits per heavy atom. The van der Waals surface area contributed by atoms with Crippen LogP contribution in [-0.2, 0) is 13.0 Å². The SMILES string of the molecule is CCCn1c(CC2CCC2CNCC)nc2ccccc21. The molecular formula is C18H27N3. The second-order valence-corrected chi connectivity index (χ2v) is 6.28. The second kappa shape index (κ2) is 6.61. The average molecular weight is 285 g/mol. The van der Waals surface area contributed by atoms with Gasteiger partial charge in [0.25, 0.3) is 0 Å². The molecule has 1 heterocycles. The zero-order chi connectivity index (χ0) is 14.7. The predicted molar refractivity (Wildman–Crippen MR) is 88.5 cm³/mol. The summed E-state index contributed by atoms with van der Waals surface area (Å²) in [6.45, 7) is 7.78. The van der Waals surface area contributed by atoms with E-state index in [-0.39, 0.29) is 0 Å². The molecule has 1 fully saturated rings. The van der Waals surface area contributed by atoms with E-state index in [1.165, 1.54) is 37.1 Å². The molecule has 1 saturated carbocycles. The van der Waals surface area contributed by atoms with E-state index in [4.69, 9.17) is 4.98 Å². The average Bonchev–Trinajstić information content (AvgIpc) is 2.83. The quantitative estimate of drug-likeness (QED) is 0.842. The number of hydrogen-bond donors (Lipinski definition) is 1. The van der Waals surface area contributed by atoms with E-state index in [1.54, 1.807) is 0 Å². The van der Waals surface area contributed by atoms with Gasteiger partial charge in [-0.1, -0.05) is 26.0 Å². The first-order valence-corrected chi connectivity index (χ1v) is 8.48. The molecular weight excluding hydrogens is 258 g/mol. The van der Waals surface area contributed by atoms with Gasteiger partial charge in [-0.25, -0.2) is 4.98 Å². The third-order valence-corrected chi connectivity index (χ3v) is 4.86. The Morgan fingerprint density at radius 2 is 2.00 bits per heavy atom. The largest absolute Gasteiger partial charge is 0.328 e. The Hall–Kier alpha value is -1.35. The highest BCUT2D eigenvalue weighted by atomic mass is 15.1. The number of fused-ring (bicyclic) bond motifs is 1. The van der Waals surface area contributed by atoms with E-state index >= 15 is 0 Å². The van der Waals surface area contributed by atoms with Gasteiger partial charge in [0.05, 0.1) is 11.0 Å². The summed E-state index contributed by atoms with van der Waals surface area (Å²) in [6, 6.07) is 8.56. The first-order chi connectivity index (χ1) is 10.3. The smallest absolute Gasteiger partial charge is 0.110 e. The van der Waals surface area contributed by atoms with Crippen LogP contribution < -0.4 is 5.32 Å². The van der Waals surface area contributed by atoms with Crippen LogP contribution in [0, 0.1) is 11.8 Å². The Balaban J connectivity index is 1.78. The molecule has 1 aromatic heterocycles. The summed E-state index contributed by atoms with van der Waals surface area (Å²) in [4.78, 5) is 4.91. The van der Waals surface area contributed by atoms with Crippen molar-refractivity contribution in [2.75, 3.05) is 13.1 Å². The standard InChI is InChI=1S/C18H27N3/c1-3-11-21-17-8-6-5-7-16(17)20-18(21)12-14-9-10-15(14)13-19-4-2/h5-8,14-15,19H,3-4,9-13H2,1-2H3. The van der Waals surface area contributed by atoms with E-state index in [0.29, 0.717) is 0 Å². The number of para-hydroxylation sites is 2. The molecule has 2 aromatic rings. The summed E-state index contributed by atoms with van der Waals surface area (Å²) in [7, 11) is 0. The van der Waals surface area contributed by atoms with Crippen molar-refractivity contribution in [3.63, 3.8) is 0 Å². The lowest BCUT2D eigenvalue weighted by atomic mass is 9.71. The van der Waals surface area contributed by atoms with Gasteiger partial charge in [-0.2, -0.15) is 0 Å². The van der Waals surface area contributed by atoms with Gasteiger partial charge in [-0.3, -0.25) is 0 Å². The summed E-state index contributed by atoms with van der Waals surface area (Å²) < 4.78 is 2.44. The number of benzene rings is 1. The molecule has 0 radical (unpaired) electrons. The van der Waals surface area contributed by atoms with Gasteiger partial charge in [-0.15, -0.1) is 0 Å². The molecule has 0 bridgehead atoms. The highest BCUT2D eigenvalue weighted by Crippen LogP contribution is 2.36. The van der Waals surface area contributed by atoms with Crippen molar-refractivity contribution >= 4 is 11.0 Å². The van der Waals surface area contributed by atoms with Gasteiger partial charge in [0, 0.05) is 13.0 Å². The van der Waals surface area contributed by atoms with Gasteiger partial charge < -0.3 is 9.88 Å². The predicted octanol–water partition coefficient (Wildman–Crippen LogP) is 3.62. The maximum Gasteiger partial charge on any atom is 0.110 e. The van der Waals surface area contributed by atoms with Crippen LogP contribution in [-0.4, -0.2) is 22.6 Å². The first-order valence-electron chi connectivity index (χ1n) is 8.48. The summed E-state index contributed by atoms with van der Waals surface area (Å²) in [5, 5.41) is 3.51. The number of nitrogens with zero attached hydrogens (tertiary/aromatic N) is 2. The summed E-state index contributed by atoms with van der Waals surface area (Å²) in [6.07, 6.45) is 5.06. The van der Waals surface area contributed by atoms with Crippen molar-refractivity contribution in [1.82, 2.24) is 14.9 Å². The molecule has 1 aromatic carbocycles. The van der Waals surface area contributed by atoms with E-state index in [1.807, 2.05) is 0 Å². The minimum Gasteiger partial charge on any atom is -0.328 e. The second-order valence-electron chi connectivity index (χ2n) is 6.28. The number of aryl methyl sites for hydroxylation is 1. The molecule has 21 heavy (non-hydrogen) atoms. The Bertz CT molecular complexity index is 587. The molecule has 3 heteroatoms. The van der Waals surface area contributed by atoms with Crippen molar-refractivity contribution in [3.8, 4) is 0 Å². The minimum atomic E-state index is 0.816. The van der Waals surface area contributed by atoms with Crippen LogP contribution in [0.1, 0.15) is 38.9 Å². The van der Waals surface area contributed by atoms with Gasteiger partial charge in [0.1, 0.15) is 5.82 Å². The molecule has 3 nitrogen and oxygen atoms in total. The van der Waals surface area contributed by atoms with Crippen LogP contribution in [0.4, 0.5) is 0 Å². The molecule has 0 aliphatic heterocycles. The van der Waals surface area contributed by atoms with Crippen molar-refractivity contribution in [2.24, 2.45) is 11.8 Å². The molecule has 0 saturated heterocycles. The maximum absolute atomic E-state index is 4.91. The summed E-state index contributed by atoms with van der Waals surface area (Å²) in [5.41, 5.74) is 2.46. The summed E-state index contributed by atoms with van der Waals surface area (Å²) in [5.74, 6) is 2.96. The molecule has 1 N–H and O–H groups in total. The van der Waals surface area contributed by atoms with Crippen molar-refractivity contribution in [2.45, 2.75) is 46.1 Å². The number of nitrogens with one attached hydrogen (secondary N) is 1. The highest BCUT2D eigenvalue weighted by molar-refractivity contribution is 5.75. The van der Waals surface area contributed by atoms with Crippen molar-refractivity contribution < 1.29 is 0 Å². The Morgan fingerprint density at radius 1 is 1.19 bits per heavy atom. The summed E-state index contributed by atoms with van der Waals surface area (Å²) >= 11 is 0. The van der Waals surface area contributed by atoms with Gasteiger partial charge in [0.2, 0.25) is 0 Å².